The average Bonchev–Trinajstić information content (AvgIpc) is 1.67. The highest BCUT2D eigenvalue weighted by atomic mass is 16.3. The van der Waals surface area contributed by atoms with Crippen molar-refractivity contribution in [1.82, 2.24) is 0 Å². The molecule has 0 amide bonds. The molecule has 0 aliphatic carbocycles. The van der Waals surface area contributed by atoms with Crippen molar-refractivity contribution in [2.24, 2.45) is 0 Å². The van der Waals surface area contributed by atoms with Crippen LogP contribution in [0.5, 0.6) is 0 Å². The van der Waals surface area contributed by atoms with Crippen LogP contribution in [0.3, 0.4) is 0 Å². The lowest BCUT2D eigenvalue weighted by molar-refractivity contribution is 0.0337. The second kappa shape index (κ2) is 3.64. The molecule has 0 bridgehead atoms. The molecule has 2 heteroatoms. The minimum Gasteiger partial charge on any atom is -0.391 e. The van der Waals surface area contributed by atoms with E-state index in [0.717, 1.165) is 0 Å². The molecule has 0 aliphatic rings. The molecule has 2 N–H and O–H groups in total. The van der Waals surface area contributed by atoms with Crippen LogP contribution >= 0.6 is 0 Å². The molecule has 0 aromatic rings. The van der Waals surface area contributed by atoms with E-state index in [1.165, 1.54) is 0 Å². The van der Waals surface area contributed by atoms with Crippen LogP contribution in [0.25, 0.3) is 0 Å². The van der Waals surface area contributed by atoms with Crippen LogP contribution in [0.15, 0.2) is 12.7 Å². The van der Waals surface area contributed by atoms with Crippen LogP contribution in [0.4, 0.5) is 0 Å². The van der Waals surface area contributed by atoms with Crippen molar-refractivity contribution in [3.8, 4) is 0 Å². The van der Waals surface area contributed by atoms with Gasteiger partial charge in [-0.25, -0.2) is 0 Å². The molecule has 0 rings (SSSR count). The summed E-state index contributed by atoms with van der Waals surface area (Å²) in [6.45, 7) is 4.96. The third-order valence-corrected chi connectivity index (χ3v) is 0.965. The maximum Gasteiger partial charge on any atom is 0.0830 e. The third kappa shape index (κ3) is 2.77. The van der Waals surface area contributed by atoms with Gasteiger partial charge in [-0.05, 0) is 13.3 Å². The van der Waals surface area contributed by atoms with Crippen molar-refractivity contribution < 1.29 is 10.2 Å². The minimum absolute atomic E-state index is 0.456. The van der Waals surface area contributed by atoms with Gasteiger partial charge < -0.3 is 10.2 Å². The molecule has 2 atom stereocenters. The molecule has 0 aromatic heterocycles. The van der Waals surface area contributed by atoms with E-state index in [1.807, 2.05) is 0 Å². The van der Waals surface area contributed by atoms with Crippen LogP contribution < -0.4 is 0 Å². The van der Waals surface area contributed by atoms with Crippen LogP contribution in [0, 0.1) is 0 Å². The molecule has 2 nitrogen and oxygen atoms in total. The van der Waals surface area contributed by atoms with Gasteiger partial charge in [0, 0.05) is 0 Å². The molecule has 0 aromatic carbocycles. The summed E-state index contributed by atoms with van der Waals surface area (Å²) in [5.74, 6) is 0. The summed E-state index contributed by atoms with van der Waals surface area (Å²) in [6, 6.07) is 0. The SMILES string of the molecule is C=CCC(O)[C@@H](C)O. The Bertz CT molecular complexity index is 68.9. The van der Waals surface area contributed by atoms with Gasteiger partial charge in [-0.2, -0.15) is 0 Å². The zero-order chi connectivity index (χ0) is 6.57. The van der Waals surface area contributed by atoms with Crippen molar-refractivity contribution in [3.63, 3.8) is 0 Å². The second-order valence-electron chi connectivity index (χ2n) is 1.83. The van der Waals surface area contributed by atoms with Gasteiger partial charge in [0.15, 0.2) is 0 Å². The lowest BCUT2D eigenvalue weighted by Gasteiger charge is -2.09. The molecular weight excluding hydrogens is 104 g/mol. The lowest BCUT2D eigenvalue weighted by atomic mass is 10.2. The van der Waals surface area contributed by atoms with Crippen LogP contribution in [-0.4, -0.2) is 22.4 Å². The maximum atomic E-state index is 8.81. The summed E-state index contributed by atoms with van der Waals surface area (Å²) in [5.41, 5.74) is 0. The number of hydrogen-bond donors (Lipinski definition) is 2. The Hall–Kier alpha value is -0.340. The molecule has 0 heterocycles. The van der Waals surface area contributed by atoms with Gasteiger partial charge >= 0.3 is 0 Å². The van der Waals surface area contributed by atoms with E-state index >= 15 is 0 Å². The van der Waals surface area contributed by atoms with E-state index in [-0.39, 0.29) is 0 Å². The van der Waals surface area contributed by atoms with Crippen molar-refractivity contribution in [2.45, 2.75) is 25.6 Å². The number of aliphatic hydroxyl groups excluding tert-OH is 2. The molecule has 0 saturated heterocycles. The van der Waals surface area contributed by atoms with Crippen LogP contribution in [0.2, 0.25) is 0 Å². The van der Waals surface area contributed by atoms with Gasteiger partial charge in [-0.3, -0.25) is 0 Å². The smallest absolute Gasteiger partial charge is 0.0830 e. The highest BCUT2D eigenvalue weighted by Gasteiger charge is 2.06. The van der Waals surface area contributed by atoms with Gasteiger partial charge in [0.2, 0.25) is 0 Å². The Morgan fingerprint density at radius 1 is 1.62 bits per heavy atom. The van der Waals surface area contributed by atoms with E-state index in [4.69, 9.17) is 10.2 Å². The zero-order valence-corrected chi connectivity index (χ0v) is 5.04. The molecule has 0 saturated carbocycles. The fourth-order valence-electron chi connectivity index (χ4n) is 0.368. The summed E-state index contributed by atoms with van der Waals surface area (Å²) in [5, 5.41) is 17.5. The molecule has 48 valence electrons. The summed E-state index contributed by atoms with van der Waals surface area (Å²) >= 11 is 0. The lowest BCUT2D eigenvalue weighted by Crippen LogP contribution is -2.21. The monoisotopic (exact) mass is 116 g/mol. The first kappa shape index (κ1) is 7.66. The highest BCUT2D eigenvalue weighted by Crippen LogP contribution is 1.96. The second-order valence-corrected chi connectivity index (χ2v) is 1.83. The molecule has 0 aliphatic heterocycles. The van der Waals surface area contributed by atoms with Crippen LogP contribution in [0.1, 0.15) is 13.3 Å². The standard InChI is InChI=1S/C6H12O2/c1-3-4-6(8)5(2)7/h3,5-8H,1,4H2,2H3/t5-,6?/m1/s1. The number of hydrogen-bond acceptors (Lipinski definition) is 2. The van der Waals surface area contributed by atoms with Crippen molar-refractivity contribution in [3.05, 3.63) is 12.7 Å². The van der Waals surface area contributed by atoms with E-state index < -0.39 is 12.2 Å². The Morgan fingerprint density at radius 3 is 2.25 bits per heavy atom. The topological polar surface area (TPSA) is 40.5 Å². The summed E-state index contributed by atoms with van der Waals surface area (Å²) in [6.07, 6.45) is 0.746. The first-order valence-corrected chi connectivity index (χ1v) is 2.65. The molecule has 0 radical (unpaired) electrons. The van der Waals surface area contributed by atoms with Gasteiger partial charge in [0.05, 0.1) is 12.2 Å². The van der Waals surface area contributed by atoms with Gasteiger partial charge in [0.25, 0.3) is 0 Å². The first-order valence-electron chi connectivity index (χ1n) is 2.65. The largest absolute Gasteiger partial charge is 0.391 e. The summed E-state index contributed by atoms with van der Waals surface area (Å²) in [4.78, 5) is 0. The average molecular weight is 116 g/mol. The number of aliphatic hydroxyl groups is 2. The molecular formula is C6H12O2. The highest BCUT2D eigenvalue weighted by molar-refractivity contribution is 4.74. The van der Waals surface area contributed by atoms with Gasteiger partial charge in [0.1, 0.15) is 0 Å². The Kier molecular flexibility index (Phi) is 3.48. The quantitative estimate of drug-likeness (QED) is 0.521. The minimum atomic E-state index is -0.646. The van der Waals surface area contributed by atoms with E-state index in [0.29, 0.717) is 6.42 Å². The van der Waals surface area contributed by atoms with Crippen molar-refractivity contribution >= 4 is 0 Å². The predicted octanol–water partition coefficient (Wildman–Crippen LogP) is 0.304. The first-order chi connectivity index (χ1) is 3.68. The van der Waals surface area contributed by atoms with Gasteiger partial charge in [-0.1, -0.05) is 6.08 Å². The maximum absolute atomic E-state index is 8.81. The Labute approximate surface area is 49.5 Å². The number of rotatable bonds is 3. The fraction of sp³-hybridized carbons (Fsp3) is 0.667. The predicted molar refractivity (Wildman–Crippen MR) is 32.5 cm³/mol. The van der Waals surface area contributed by atoms with Gasteiger partial charge in [-0.15, -0.1) is 6.58 Å². The Morgan fingerprint density at radius 2 is 2.12 bits per heavy atom. The zero-order valence-electron chi connectivity index (χ0n) is 5.04. The summed E-state index contributed by atoms with van der Waals surface area (Å²) < 4.78 is 0. The molecule has 0 spiro atoms. The Balaban J connectivity index is 3.30. The molecule has 0 fully saturated rings. The fourth-order valence-corrected chi connectivity index (χ4v) is 0.368. The molecule has 8 heavy (non-hydrogen) atoms. The summed E-state index contributed by atoms with van der Waals surface area (Å²) in [7, 11) is 0. The van der Waals surface area contributed by atoms with E-state index in [2.05, 4.69) is 6.58 Å². The van der Waals surface area contributed by atoms with E-state index in [9.17, 15) is 0 Å². The normalized spacial score (nSPS) is 17.4. The van der Waals surface area contributed by atoms with E-state index in [1.54, 1.807) is 13.0 Å². The van der Waals surface area contributed by atoms with Crippen LogP contribution in [-0.2, 0) is 0 Å². The third-order valence-electron chi connectivity index (χ3n) is 0.965. The molecule has 1 unspecified atom stereocenters. The van der Waals surface area contributed by atoms with Crippen molar-refractivity contribution in [2.75, 3.05) is 0 Å². The van der Waals surface area contributed by atoms with Crippen molar-refractivity contribution in [1.29, 1.82) is 0 Å².